The summed E-state index contributed by atoms with van der Waals surface area (Å²) in [6.07, 6.45) is -0.281. The van der Waals surface area contributed by atoms with E-state index in [0.29, 0.717) is 12.6 Å². The quantitative estimate of drug-likeness (QED) is 0.559. The van der Waals surface area contributed by atoms with Crippen molar-refractivity contribution in [1.82, 2.24) is 14.8 Å². The summed E-state index contributed by atoms with van der Waals surface area (Å²) in [5.41, 5.74) is -1.59. The van der Waals surface area contributed by atoms with Crippen LogP contribution in [0.4, 0.5) is 8.78 Å². The van der Waals surface area contributed by atoms with Gasteiger partial charge in [-0.15, -0.1) is 0 Å². The second-order valence-electron chi connectivity index (χ2n) is 8.28. The van der Waals surface area contributed by atoms with Crippen molar-refractivity contribution in [2.45, 2.75) is 32.0 Å². The maximum atomic E-state index is 14.0. The molecule has 1 aromatic heterocycles. The van der Waals surface area contributed by atoms with E-state index in [1.165, 1.54) is 16.6 Å². The van der Waals surface area contributed by atoms with E-state index in [0.717, 1.165) is 18.4 Å². The summed E-state index contributed by atoms with van der Waals surface area (Å²) in [6, 6.07) is 2.35. The zero-order valence-electron chi connectivity index (χ0n) is 19.1. The molecule has 188 valence electrons. The number of nitrogens with one attached hydrogen (secondary N) is 1. The van der Waals surface area contributed by atoms with Gasteiger partial charge in [0.2, 0.25) is 5.43 Å². The number of pyridine rings is 1. The molecule has 35 heavy (non-hydrogen) atoms. The first-order valence-corrected chi connectivity index (χ1v) is 12.5. The first-order valence-electron chi connectivity index (χ1n) is 10.7. The lowest BCUT2D eigenvalue weighted by Gasteiger charge is -2.34. The highest BCUT2D eigenvalue weighted by Crippen LogP contribution is 2.44. The van der Waals surface area contributed by atoms with E-state index in [1.807, 2.05) is 0 Å². The van der Waals surface area contributed by atoms with Crippen LogP contribution in [0.1, 0.15) is 57.6 Å². The van der Waals surface area contributed by atoms with Crippen LogP contribution in [0, 0.1) is 11.6 Å². The molecule has 0 spiro atoms. The molecule has 3 heterocycles. The van der Waals surface area contributed by atoms with Crippen molar-refractivity contribution >= 4 is 21.9 Å². The number of hydrogen-bond acceptors (Lipinski definition) is 7. The Morgan fingerprint density at radius 1 is 1.26 bits per heavy atom. The Morgan fingerprint density at radius 2 is 1.97 bits per heavy atom. The van der Waals surface area contributed by atoms with Crippen LogP contribution in [-0.4, -0.2) is 56.2 Å². The lowest BCUT2D eigenvalue weighted by atomic mass is 10.1. The van der Waals surface area contributed by atoms with Crippen LogP contribution in [0.5, 0.6) is 5.75 Å². The molecule has 0 radical (unpaired) electrons. The molecule has 2 amide bonds. The van der Waals surface area contributed by atoms with E-state index in [1.54, 1.807) is 6.92 Å². The molecule has 1 unspecified atom stereocenters. The van der Waals surface area contributed by atoms with Crippen molar-refractivity contribution < 1.29 is 35.7 Å². The molecule has 0 aliphatic carbocycles. The molecule has 10 nitrogen and oxygen atoms in total. The standard InChI is InChI=1S/C22H23F2N3O7S/c1-4-26-10-13-8-15(34-35(3,31)32)17-16(19(28)20(33-2)18(22(26)30)27(13)17)21(29)25-9-11-5-6-12(23)7-14(11)24/h5-7,13,15H,4,8-10H2,1-3H3,(H,25,29)/t13-,15?/m0/s1. The molecule has 2 atom stereocenters. The van der Waals surface area contributed by atoms with E-state index in [9.17, 15) is 31.6 Å². The van der Waals surface area contributed by atoms with Gasteiger partial charge in [-0.3, -0.25) is 18.6 Å². The first-order chi connectivity index (χ1) is 16.5. The van der Waals surface area contributed by atoms with Crippen LogP contribution in [-0.2, 0) is 20.8 Å². The number of amides is 2. The Hall–Kier alpha value is -3.32. The predicted octanol–water partition coefficient (Wildman–Crippen LogP) is 1.50. The van der Waals surface area contributed by atoms with Crippen molar-refractivity contribution in [1.29, 1.82) is 0 Å². The predicted molar refractivity (Wildman–Crippen MR) is 119 cm³/mol. The molecule has 0 saturated heterocycles. The second-order valence-corrected chi connectivity index (χ2v) is 9.88. The summed E-state index contributed by atoms with van der Waals surface area (Å²) in [6.45, 7) is 1.93. The van der Waals surface area contributed by atoms with Crippen LogP contribution >= 0.6 is 0 Å². The SMILES string of the molecule is CCN1C[C@@H]2CC(OS(C)(=O)=O)c3c(C(=O)NCc4ccc(F)cc4F)c(=O)c(OC)c(n32)C1=O. The summed E-state index contributed by atoms with van der Waals surface area (Å²) >= 11 is 0. The van der Waals surface area contributed by atoms with Crippen molar-refractivity contribution in [3.63, 3.8) is 0 Å². The monoisotopic (exact) mass is 511 g/mol. The maximum absolute atomic E-state index is 14.0. The highest BCUT2D eigenvalue weighted by Gasteiger charge is 2.46. The van der Waals surface area contributed by atoms with Crippen LogP contribution in [0.3, 0.4) is 0 Å². The van der Waals surface area contributed by atoms with E-state index >= 15 is 0 Å². The van der Waals surface area contributed by atoms with Crippen LogP contribution < -0.4 is 15.5 Å². The van der Waals surface area contributed by atoms with Gasteiger partial charge in [-0.2, -0.15) is 8.42 Å². The number of halogens is 2. The van der Waals surface area contributed by atoms with Gasteiger partial charge < -0.3 is 19.5 Å². The summed E-state index contributed by atoms with van der Waals surface area (Å²) in [5.74, 6) is -3.49. The zero-order chi connectivity index (χ0) is 25.7. The highest BCUT2D eigenvalue weighted by atomic mass is 32.2. The number of aromatic nitrogens is 1. The lowest BCUT2D eigenvalue weighted by molar-refractivity contribution is 0.0670. The molecule has 0 saturated carbocycles. The highest BCUT2D eigenvalue weighted by molar-refractivity contribution is 7.86. The summed E-state index contributed by atoms with van der Waals surface area (Å²) in [7, 11) is -2.82. The number of likely N-dealkylation sites (N-methyl/N-ethyl adjacent to an activating group) is 1. The fraction of sp³-hybridized carbons (Fsp3) is 0.409. The second kappa shape index (κ2) is 9.04. The van der Waals surface area contributed by atoms with Gasteiger partial charge in [0, 0.05) is 37.7 Å². The molecule has 2 aliphatic rings. The minimum atomic E-state index is -4.00. The Kier molecular flexibility index (Phi) is 6.40. The Balaban J connectivity index is 1.85. The number of carbonyl (C=O) groups excluding carboxylic acids is 2. The third kappa shape index (κ3) is 4.41. The van der Waals surface area contributed by atoms with Gasteiger partial charge in [-0.05, 0) is 13.0 Å². The summed E-state index contributed by atoms with van der Waals surface area (Å²) < 4.78 is 63.0. The van der Waals surface area contributed by atoms with Crippen LogP contribution in [0.2, 0.25) is 0 Å². The molecule has 2 aromatic rings. The maximum Gasteiger partial charge on any atom is 0.274 e. The molecule has 4 rings (SSSR count). The van der Waals surface area contributed by atoms with Gasteiger partial charge >= 0.3 is 0 Å². The molecule has 0 fully saturated rings. The topological polar surface area (TPSA) is 124 Å². The molecule has 13 heteroatoms. The van der Waals surface area contributed by atoms with Gasteiger partial charge in [-0.25, -0.2) is 8.78 Å². The Bertz CT molecular complexity index is 1390. The number of rotatable bonds is 7. The number of benzene rings is 1. The average molecular weight is 512 g/mol. The van der Waals surface area contributed by atoms with Gasteiger partial charge in [0.05, 0.1) is 25.1 Å². The van der Waals surface area contributed by atoms with Crippen molar-refractivity contribution in [3.05, 3.63) is 62.6 Å². The van der Waals surface area contributed by atoms with Gasteiger partial charge in [0.25, 0.3) is 21.9 Å². The van der Waals surface area contributed by atoms with Gasteiger partial charge in [0.1, 0.15) is 23.3 Å². The molecule has 1 N–H and O–H groups in total. The van der Waals surface area contributed by atoms with Crippen molar-refractivity contribution in [3.8, 4) is 5.75 Å². The molecular weight excluding hydrogens is 488 g/mol. The minimum Gasteiger partial charge on any atom is -0.491 e. The zero-order valence-corrected chi connectivity index (χ0v) is 19.9. The largest absolute Gasteiger partial charge is 0.491 e. The fourth-order valence-electron chi connectivity index (χ4n) is 4.60. The Labute approximate surface area is 199 Å². The number of methoxy groups -OCH3 is 1. The summed E-state index contributed by atoms with van der Waals surface area (Å²) in [4.78, 5) is 41.2. The number of nitrogens with zero attached hydrogens (tertiary/aromatic N) is 2. The average Bonchev–Trinajstić information content (AvgIpc) is 3.11. The number of hydrogen-bond donors (Lipinski definition) is 1. The third-order valence-electron chi connectivity index (χ3n) is 6.04. The smallest absolute Gasteiger partial charge is 0.274 e. The minimum absolute atomic E-state index is 0.0308. The van der Waals surface area contributed by atoms with Crippen LogP contribution in [0.25, 0.3) is 0 Å². The van der Waals surface area contributed by atoms with Crippen LogP contribution in [0.15, 0.2) is 23.0 Å². The van der Waals surface area contributed by atoms with E-state index in [4.69, 9.17) is 8.92 Å². The lowest BCUT2D eigenvalue weighted by Crippen LogP contribution is -2.44. The Morgan fingerprint density at radius 3 is 2.57 bits per heavy atom. The van der Waals surface area contributed by atoms with Gasteiger partial charge in [0.15, 0.2) is 11.4 Å². The molecule has 1 aromatic carbocycles. The molecular formula is C22H23F2N3O7S. The molecule has 2 aliphatic heterocycles. The van der Waals surface area contributed by atoms with Gasteiger partial charge in [-0.1, -0.05) is 6.07 Å². The fourth-order valence-corrected chi connectivity index (χ4v) is 5.19. The summed E-state index contributed by atoms with van der Waals surface area (Å²) in [5, 5.41) is 2.41. The first kappa shape index (κ1) is 24.8. The third-order valence-corrected chi connectivity index (χ3v) is 6.62. The normalized spacial score (nSPS) is 19.0. The van der Waals surface area contributed by atoms with E-state index in [-0.39, 0.29) is 42.2 Å². The number of carbonyl (C=O) groups is 2. The van der Waals surface area contributed by atoms with E-state index < -0.39 is 56.7 Å². The number of ether oxygens (including phenoxy) is 1. The van der Waals surface area contributed by atoms with Crippen molar-refractivity contribution in [2.24, 2.45) is 0 Å². The van der Waals surface area contributed by atoms with Crippen molar-refractivity contribution in [2.75, 3.05) is 26.5 Å². The van der Waals surface area contributed by atoms with E-state index in [2.05, 4.69) is 5.32 Å². The molecule has 0 bridgehead atoms.